The highest BCUT2D eigenvalue weighted by atomic mass is 16.6. The molecule has 0 saturated carbocycles. The van der Waals surface area contributed by atoms with Crippen LogP contribution >= 0.6 is 0 Å². The second-order valence-corrected chi connectivity index (χ2v) is 6.64. The SMILES string of the molecule is CCOC(=O)COc1ccc(N2CN(C)C(O)C23CCNCC3)cc1. The van der Waals surface area contributed by atoms with Gasteiger partial charge in [-0.05, 0) is 64.2 Å². The molecule has 2 saturated heterocycles. The maximum Gasteiger partial charge on any atom is 0.344 e. The van der Waals surface area contributed by atoms with Crippen LogP contribution in [0.2, 0.25) is 0 Å². The number of piperidine rings is 1. The van der Waals surface area contributed by atoms with Gasteiger partial charge < -0.3 is 24.8 Å². The summed E-state index contributed by atoms with van der Waals surface area (Å²) in [6, 6.07) is 7.67. The van der Waals surface area contributed by atoms with Gasteiger partial charge in [0.1, 0.15) is 12.0 Å². The molecule has 2 aliphatic heterocycles. The van der Waals surface area contributed by atoms with Crippen LogP contribution in [0.25, 0.3) is 0 Å². The smallest absolute Gasteiger partial charge is 0.344 e. The number of nitrogens with zero attached hydrogens (tertiary/aromatic N) is 2. The first-order valence-corrected chi connectivity index (χ1v) is 8.82. The Balaban J connectivity index is 1.71. The van der Waals surface area contributed by atoms with Crippen molar-refractivity contribution < 1.29 is 19.4 Å². The molecule has 25 heavy (non-hydrogen) atoms. The molecule has 2 aliphatic rings. The molecule has 0 aromatic heterocycles. The van der Waals surface area contributed by atoms with Crippen molar-refractivity contribution >= 4 is 11.7 Å². The topological polar surface area (TPSA) is 74.3 Å². The van der Waals surface area contributed by atoms with E-state index in [0.29, 0.717) is 19.0 Å². The summed E-state index contributed by atoms with van der Waals surface area (Å²) in [5, 5.41) is 14.1. The second kappa shape index (κ2) is 7.59. The minimum absolute atomic E-state index is 0.0893. The number of carbonyl (C=O) groups is 1. The fourth-order valence-electron chi connectivity index (χ4n) is 3.78. The molecule has 1 spiro atoms. The van der Waals surface area contributed by atoms with Crippen molar-refractivity contribution in [3.63, 3.8) is 0 Å². The Morgan fingerprint density at radius 1 is 1.32 bits per heavy atom. The third kappa shape index (κ3) is 3.58. The summed E-state index contributed by atoms with van der Waals surface area (Å²) in [5.41, 5.74) is 0.793. The number of rotatable bonds is 5. The average molecular weight is 349 g/mol. The molecule has 0 bridgehead atoms. The molecule has 1 unspecified atom stereocenters. The van der Waals surface area contributed by atoms with Gasteiger partial charge in [-0.15, -0.1) is 0 Å². The average Bonchev–Trinajstić information content (AvgIpc) is 2.86. The van der Waals surface area contributed by atoms with Crippen molar-refractivity contribution in [2.45, 2.75) is 31.5 Å². The fourth-order valence-corrected chi connectivity index (χ4v) is 3.78. The van der Waals surface area contributed by atoms with Gasteiger partial charge in [-0.3, -0.25) is 4.90 Å². The molecular formula is C18H27N3O4. The summed E-state index contributed by atoms with van der Waals surface area (Å²) >= 11 is 0. The van der Waals surface area contributed by atoms with Crippen LogP contribution in [-0.4, -0.2) is 67.8 Å². The van der Waals surface area contributed by atoms with E-state index in [0.717, 1.165) is 31.6 Å². The van der Waals surface area contributed by atoms with Crippen molar-refractivity contribution in [3.8, 4) is 5.75 Å². The molecule has 138 valence electrons. The molecule has 7 nitrogen and oxygen atoms in total. The predicted molar refractivity (Wildman–Crippen MR) is 94.5 cm³/mol. The van der Waals surface area contributed by atoms with Crippen molar-refractivity contribution in [3.05, 3.63) is 24.3 Å². The first kappa shape index (κ1) is 18.0. The van der Waals surface area contributed by atoms with Crippen LogP contribution in [0, 0.1) is 0 Å². The van der Waals surface area contributed by atoms with Gasteiger partial charge in [0.05, 0.1) is 18.8 Å². The Kier molecular flexibility index (Phi) is 5.46. The molecule has 1 aromatic carbocycles. The number of hydrogen-bond acceptors (Lipinski definition) is 7. The van der Waals surface area contributed by atoms with E-state index >= 15 is 0 Å². The fraction of sp³-hybridized carbons (Fsp3) is 0.611. The minimum atomic E-state index is -0.477. The molecule has 1 atom stereocenters. The van der Waals surface area contributed by atoms with Gasteiger partial charge in [-0.25, -0.2) is 4.79 Å². The van der Waals surface area contributed by atoms with Crippen LogP contribution in [0.1, 0.15) is 19.8 Å². The van der Waals surface area contributed by atoms with Crippen LogP contribution < -0.4 is 15.0 Å². The van der Waals surface area contributed by atoms with E-state index in [4.69, 9.17) is 9.47 Å². The van der Waals surface area contributed by atoms with Crippen LogP contribution in [-0.2, 0) is 9.53 Å². The maximum atomic E-state index is 11.4. The highest BCUT2D eigenvalue weighted by Gasteiger charge is 2.51. The molecule has 0 radical (unpaired) electrons. The van der Waals surface area contributed by atoms with Crippen molar-refractivity contribution in [1.82, 2.24) is 10.2 Å². The Bertz CT molecular complexity index is 586. The number of nitrogens with one attached hydrogen (secondary N) is 1. The molecular weight excluding hydrogens is 322 g/mol. The Morgan fingerprint density at radius 3 is 2.64 bits per heavy atom. The number of aliphatic hydroxyl groups excluding tert-OH is 1. The first-order chi connectivity index (χ1) is 12.1. The summed E-state index contributed by atoms with van der Waals surface area (Å²) in [7, 11) is 1.95. The van der Waals surface area contributed by atoms with E-state index < -0.39 is 6.23 Å². The molecule has 3 rings (SSSR count). The van der Waals surface area contributed by atoms with Crippen molar-refractivity contribution in [1.29, 1.82) is 0 Å². The van der Waals surface area contributed by atoms with Gasteiger partial charge in [0.15, 0.2) is 6.61 Å². The predicted octanol–water partition coefficient (Wildman–Crippen LogP) is 0.778. The van der Waals surface area contributed by atoms with Crippen LogP contribution in [0.5, 0.6) is 5.75 Å². The molecule has 0 aliphatic carbocycles. The Hall–Kier alpha value is -1.83. The van der Waals surface area contributed by atoms with E-state index in [1.807, 2.05) is 36.2 Å². The summed E-state index contributed by atoms with van der Waals surface area (Å²) in [5.74, 6) is 0.258. The minimum Gasteiger partial charge on any atom is -0.482 e. The normalized spacial score (nSPS) is 23.0. The zero-order valence-electron chi connectivity index (χ0n) is 14.9. The number of likely N-dealkylation sites (N-methyl/N-ethyl adjacent to an activating group) is 1. The van der Waals surface area contributed by atoms with E-state index in [1.54, 1.807) is 6.92 Å². The maximum absolute atomic E-state index is 11.4. The van der Waals surface area contributed by atoms with Gasteiger partial charge in [0, 0.05) is 5.69 Å². The molecule has 0 amide bonds. The number of aliphatic hydroxyl groups is 1. The second-order valence-electron chi connectivity index (χ2n) is 6.64. The van der Waals surface area contributed by atoms with Gasteiger partial charge in [0.25, 0.3) is 0 Å². The lowest BCUT2D eigenvalue weighted by molar-refractivity contribution is -0.145. The number of benzene rings is 1. The standard InChI is InChI=1S/C18H27N3O4/c1-3-24-16(22)12-25-15-6-4-14(5-7-15)21-13-20(2)17(23)18(21)8-10-19-11-9-18/h4-7,17,19,23H,3,8-13H2,1-2H3. The van der Waals surface area contributed by atoms with Gasteiger partial charge in [-0.1, -0.05) is 0 Å². The highest BCUT2D eigenvalue weighted by Crippen LogP contribution is 2.40. The molecule has 1 aromatic rings. The third-order valence-corrected chi connectivity index (χ3v) is 5.08. The van der Waals surface area contributed by atoms with E-state index in [9.17, 15) is 9.90 Å². The van der Waals surface area contributed by atoms with Crippen molar-refractivity contribution in [2.75, 3.05) is 44.9 Å². The number of hydrogen-bond donors (Lipinski definition) is 2. The number of anilines is 1. The lowest BCUT2D eigenvalue weighted by Gasteiger charge is -2.44. The van der Waals surface area contributed by atoms with E-state index in [2.05, 4.69) is 10.2 Å². The van der Waals surface area contributed by atoms with Gasteiger partial charge in [0.2, 0.25) is 0 Å². The van der Waals surface area contributed by atoms with Gasteiger partial charge >= 0.3 is 5.97 Å². The zero-order chi connectivity index (χ0) is 17.9. The van der Waals surface area contributed by atoms with Crippen LogP contribution in [0.15, 0.2) is 24.3 Å². The molecule has 7 heteroatoms. The number of ether oxygens (including phenoxy) is 2. The van der Waals surface area contributed by atoms with Crippen LogP contribution in [0.3, 0.4) is 0 Å². The molecule has 2 fully saturated rings. The Labute approximate surface area is 148 Å². The quantitative estimate of drug-likeness (QED) is 0.761. The molecule has 2 N–H and O–H groups in total. The first-order valence-electron chi connectivity index (χ1n) is 8.82. The summed E-state index contributed by atoms with van der Waals surface area (Å²) < 4.78 is 10.3. The third-order valence-electron chi connectivity index (χ3n) is 5.08. The van der Waals surface area contributed by atoms with Crippen LogP contribution in [0.4, 0.5) is 5.69 Å². The lowest BCUT2D eigenvalue weighted by atomic mass is 9.85. The lowest BCUT2D eigenvalue weighted by Crippen LogP contribution is -2.57. The monoisotopic (exact) mass is 349 g/mol. The Morgan fingerprint density at radius 2 is 2.00 bits per heavy atom. The van der Waals surface area contributed by atoms with E-state index in [1.165, 1.54) is 0 Å². The number of esters is 1. The zero-order valence-corrected chi connectivity index (χ0v) is 14.9. The highest BCUT2D eigenvalue weighted by molar-refractivity contribution is 5.71. The summed E-state index contributed by atoms with van der Waals surface area (Å²) in [6.07, 6.45) is 1.33. The summed E-state index contributed by atoms with van der Waals surface area (Å²) in [4.78, 5) is 15.6. The van der Waals surface area contributed by atoms with Crippen molar-refractivity contribution in [2.24, 2.45) is 0 Å². The largest absolute Gasteiger partial charge is 0.482 e. The summed E-state index contributed by atoms with van der Waals surface area (Å²) in [6.45, 7) is 4.52. The molecule has 2 heterocycles. The number of carbonyl (C=O) groups excluding carboxylic acids is 1. The van der Waals surface area contributed by atoms with Gasteiger partial charge in [-0.2, -0.15) is 0 Å². The van der Waals surface area contributed by atoms with E-state index in [-0.39, 0.29) is 18.1 Å².